The number of hydrogen-bond acceptors (Lipinski definition) is 1. The second-order valence-corrected chi connectivity index (χ2v) is 17.4. The van der Waals surface area contributed by atoms with E-state index in [1.54, 1.807) is 0 Å². The molecule has 0 amide bonds. The van der Waals surface area contributed by atoms with Gasteiger partial charge in [-0.05, 0) is 141 Å². The molecule has 0 radical (unpaired) electrons. The molecule has 302 valence electrons. The van der Waals surface area contributed by atoms with E-state index in [0.717, 1.165) is 23.5 Å². The highest BCUT2D eigenvalue weighted by Gasteiger charge is 2.51. The molecule has 1 aromatic heterocycles. The minimum atomic E-state index is -0.540. The van der Waals surface area contributed by atoms with Gasteiger partial charge in [0.25, 0.3) is 0 Å². The predicted molar refractivity (Wildman–Crippen MR) is 268 cm³/mol. The Labute approximate surface area is 374 Å². The molecular weight excluding hydrogens is 773 g/mol. The van der Waals surface area contributed by atoms with Crippen molar-refractivity contribution in [2.45, 2.75) is 25.7 Å². The quantitative estimate of drug-likeness (QED) is 0.152. The number of aromatic nitrogens is 1. The van der Waals surface area contributed by atoms with Crippen LogP contribution in [0, 0.1) is 0 Å². The summed E-state index contributed by atoms with van der Waals surface area (Å²) >= 11 is 0. The molecule has 0 bridgehead atoms. The summed E-state index contributed by atoms with van der Waals surface area (Å²) in [6.07, 6.45) is 7.48. The number of anilines is 3. The Morgan fingerprint density at radius 2 is 1.16 bits per heavy atom. The predicted octanol–water partition coefficient (Wildman–Crippen LogP) is 16.1. The molecule has 0 saturated heterocycles. The molecule has 2 heteroatoms. The van der Waals surface area contributed by atoms with Crippen LogP contribution < -0.4 is 4.90 Å². The Kier molecular flexibility index (Phi) is 8.05. The third-order valence-electron chi connectivity index (χ3n) is 14.3. The highest BCUT2D eigenvalue weighted by molar-refractivity contribution is 6.13. The van der Waals surface area contributed by atoms with Gasteiger partial charge in [0.2, 0.25) is 0 Å². The van der Waals surface area contributed by atoms with Gasteiger partial charge in [-0.15, -0.1) is 0 Å². The molecular formula is C62H44N2. The van der Waals surface area contributed by atoms with Crippen molar-refractivity contribution in [1.29, 1.82) is 0 Å². The molecule has 0 fully saturated rings. The van der Waals surface area contributed by atoms with E-state index in [4.69, 9.17) is 0 Å². The summed E-state index contributed by atoms with van der Waals surface area (Å²) in [5, 5.41) is 2.57. The number of benzene rings is 9. The zero-order valence-corrected chi connectivity index (χ0v) is 35.9. The minimum Gasteiger partial charge on any atom is -0.310 e. The average molecular weight is 817 g/mol. The van der Waals surface area contributed by atoms with Crippen LogP contribution in [0.15, 0.2) is 218 Å². The third kappa shape index (κ3) is 5.02. The molecule has 1 unspecified atom stereocenters. The van der Waals surface area contributed by atoms with E-state index < -0.39 is 5.41 Å². The summed E-state index contributed by atoms with van der Waals surface area (Å²) in [4.78, 5) is 2.48. The van der Waals surface area contributed by atoms with Crippen LogP contribution in [0.25, 0.3) is 66.4 Å². The number of rotatable bonds is 6. The smallest absolute Gasteiger partial charge is 0.0755 e. The number of hydrogen-bond donors (Lipinski definition) is 0. The molecule has 2 aliphatic carbocycles. The summed E-state index contributed by atoms with van der Waals surface area (Å²) < 4.78 is 2.52. The van der Waals surface area contributed by atoms with Gasteiger partial charge in [-0.1, -0.05) is 170 Å². The fourth-order valence-electron chi connectivity index (χ4n) is 11.7. The van der Waals surface area contributed by atoms with Crippen LogP contribution in [0.5, 0.6) is 0 Å². The van der Waals surface area contributed by atoms with E-state index in [0.29, 0.717) is 0 Å². The van der Waals surface area contributed by atoms with Gasteiger partial charge in [0.1, 0.15) is 0 Å². The standard InChI is InChI=1S/C62H44N2/c1-3-15-40(4-2)41-30-34-46(35-31-41)63(47-36-32-42(33-37-47)43-28-29-45-38-44-16-5-6-17-48(44)52(45)39-43)59-27-14-23-55-60(59)51-19-7-9-21-53(51)62(55)54-22-10-12-26-58(54)64-57-25-11-8-18-49(57)50-20-13-24-56(62)61(50)64/h3-37,39H,38H2,1-2H3/b15-3-,40-4+. The van der Waals surface area contributed by atoms with Crippen LogP contribution in [-0.2, 0) is 11.8 Å². The van der Waals surface area contributed by atoms with Gasteiger partial charge in [0.15, 0.2) is 0 Å². The van der Waals surface area contributed by atoms with Gasteiger partial charge in [0, 0.05) is 27.7 Å². The van der Waals surface area contributed by atoms with Gasteiger partial charge in [-0.25, -0.2) is 0 Å². The lowest BCUT2D eigenvalue weighted by molar-refractivity contribution is 0.748. The van der Waals surface area contributed by atoms with Crippen LogP contribution in [0.1, 0.15) is 52.8 Å². The summed E-state index contributed by atoms with van der Waals surface area (Å²) in [6.45, 7) is 4.19. The van der Waals surface area contributed by atoms with E-state index in [2.05, 4.69) is 242 Å². The minimum absolute atomic E-state index is 0.540. The number of para-hydroxylation sites is 3. The lowest BCUT2D eigenvalue weighted by atomic mass is 9.65. The molecule has 10 aromatic rings. The van der Waals surface area contributed by atoms with Crippen LogP contribution in [0.4, 0.5) is 17.1 Å². The maximum Gasteiger partial charge on any atom is 0.0755 e. The van der Waals surface area contributed by atoms with E-state index in [1.807, 2.05) is 0 Å². The summed E-state index contributed by atoms with van der Waals surface area (Å²) in [7, 11) is 0. The van der Waals surface area contributed by atoms with Crippen molar-refractivity contribution in [1.82, 2.24) is 4.57 Å². The molecule has 1 aliphatic heterocycles. The maximum atomic E-state index is 2.52. The fraction of sp³-hybridized carbons (Fsp3) is 0.0645. The van der Waals surface area contributed by atoms with Crippen molar-refractivity contribution in [3.05, 3.63) is 257 Å². The second kappa shape index (κ2) is 14.0. The summed E-state index contributed by atoms with van der Waals surface area (Å²) in [5.74, 6) is 0. The normalized spacial score (nSPS) is 15.4. The molecule has 2 nitrogen and oxygen atoms in total. The van der Waals surface area contributed by atoms with E-state index >= 15 is 0 Å². The molecule has 9 aromatic carbocycles. The van der Waals surface area contributed by atoms with Crippen molar-refractivity contribution in [2.24, 2.45) is 0 Å². The number of nitrogens with zero attached hydrogens (tertiary/aromatic N) is 2. The van der Waals surface area contributed by atoms with Gasteiger partial charge in [-0.2, -0.15) is 0 Å². The highest BCUT2D eigenvalue weighted by Crippen LogP contribution is 2.63. The van der Waals surface area contributed by atoms with Gasteiger partial charge in [0.05, 0.1) is 27.8 Å². The van der Waals surface area contributed by atoms with Crippen molar-refractivity contribution < 1.29 is 0 Å². The van der Waals surface area contributed by atoms with E-state index in [-0.39, 0.29) is 0 Å². The third-order valence-corrected chi connectivity index (χ3v) is 14.3. The Balaban J connectivity index is 1.04. The summed E-state index contributed by atoms with van der Waals surface area (Å²) in [6, 6.07) is 75.4. The number of fused-ring (bicyclic) bond motifs is 15. The number of allylic oxidation sites excluding steroid dienone is 4. The SMILES string of the molecule is C/C=C\C(=C/C)c1ccc(N(c2ccc(-c3ccc4c(c3)-c3ccccc3C4)cc2)c2cccc3c2-c2ccccc2C32c3ccccc3-n3c4ccccc4c4cccc2c43)cc1. The van der Waals surface area contributed by atoms with E-state index in [9.17, 15) is 0 Å². The van der Waals surface area contributed by atoms with Crippen LogP contribution in [0.2, 0.25) is 0 Å². The lowest BCUT2D eigenvalue weighted by Crippen LogP contribution is -2.33. The van der Waals surface area contributed by atoms with Crippen molar-refractivity contribution >= 4 is 44.4 Å². The second-order valence-electron chi connectivity index (χ2n) is 17.4. The van der Waals surface area contributed by atoms with Crippen LogP contribution in [-0.4, -0.2) is 4.57 Å². The van der Waals surface area contributed by atoms with Crippen LogP contribution >= 0.6 is 0 Å². The topological polar surface area (TPSA) is 8.17 Å². The first-order chi connectivity index (χ1) is 31.7. The Bertz CT molecular complexity index is 3600. The fourth-order valence-corrected chi connectivity index (χ4v) is 11.7. The average Bonchev–Trinajstić information content (AvgIpc) is 4.00. The van der Waals surface area contributed by atoms with E-state index in [1.165, 1.54) is 105 Å². The monoisotopic (exact) mass is 816 g/mol. The van der Waals surface area contributed by atoms with Gasteiger partial charge in [-0.3, -0.25) is 0 Å². The molecule has 64 heavy (non-hydrogen) atoms. The molecule has 2 heterocycles. The van der Waals surface area contributed by atoms with Gasteiger partial charge >= 0.3 is 0 Å². The first kappa shape index (κ1) is 36.7. The van der Waals surface area contributed by atoms with Crippen molar-refractivity contribution in [3.8, 4) is 39.1 Å². The first-order valence-electron chi connectivity index (χ1n) is 22.5. The largest absolute Gasteiger partial charge is 0.310 e. The first-order valence-corrected chi connectivity index (χ1v) is 22.5. The zero-order chi connectivity index (χ0) is 42.5. The molecule has 1 atom stereocenters. The van der Waals surface area contributed by atoms with Crippen molar-refractivity contribution in [2.75, 3.05) is 4.90 Å². The highest BCUT2D eigenvalue weighted by atomic mass is 15.1. The van der Waals surface area contributed by atoms with Crippen molar-refractivity contribution in [3.63, 3.8) is 0 Å². The maximum absolute atomic E-state index is 2.52. The van der Waals surface area contributed by atoms with Gasteiger partial charge < -0.3 is 9.47 Å². The Morgan fingerprint density at radius 3 is 1.98 bits per heavy atom. The Hall–Kier alpha value is -7.94. The summed E-state index contributed by atoms with van der Waals surface area (Å²) in [5.41, 5.74) is 24.8. The zero-order valence-electron chi connectivity index (χ0n) is 35.9. The molecule has 13 rings (SSSR count). The Morgan fingerprint density at radius 1 is 0.516 bits per heavy atom. The molecule has 1 spiro atoms. The molecule has 0 saturated carbocycles. The molecule has 0 N–H and O–H groups in total. The van der Waals surface area contributed by atoms with Crippen LogP contribution in [0.3, 0.4) is 0 Å². The lowest BCUT2D eigenvalue weighted by Gasteiger charge is -2.39. The molecule has 3 aliphatic rings.